The molecule has 40 heavy (non-hydrogen) atoms. The predicted octanol–water partition coefficient (Wildman–Crippen LogP) is 5.97. The lowest BCUT2D eigenvalue weighted by molar-refractivity contribution is -0.141. The highest BCUT2D eigenvalue weighted by Crippen LogP contribution is 2.26. The smallest absolute Gasteiger partial charge is 0.243 e. The molecule has 3 aromatic rings. The molecular weight excluding hydrogens is 593 g/mol. The van der Waals surface area contributed by atoms with E-state index in [-0.39, 0.29) is 37.7 Å². The van der Waals surface area contributed by atoms with E-state index in [0.717, 1.165) is 11.8 Å². The van der Waals surface area contributed by atoms with Gasteiger partial charge in [-0.15, -0.1) is 0 Å². The van der Waals surface area contributed by atoms with Crippen LogP contribution in [0.2, 0.25) is 15.1 Å². The third-order valence-corrected chi connectivity index (χ3v) is 8.24. The Morgan fingerprint density at radius 2 is 1.62 bits per heavy atom. The third-order valence-electron chi connectivity index (χ3n) is 6.23. The summed E-state index contributed by atoms with van der Waals surface area (Å²) in [6.07, 6.45) is 1.62. The summed E-state index contributed by atoms with van der Waals surface area (Å²) in [5.74, 6) is -0.598. The minimum atomic E-state index is -3.63. The number of anilines is 1. The highest BCUT2D eigenvalue weighted by Gasteiger charge is 2.30. The average molecular weight is 625 g/mol. The molecule has 3 rings (SSSR count). The standard InChI is InChI=1S/C29H32Cl3N3O4S/c1-3-33-29(37)27(17-21-9-5-4-6-10-21)34(20-22-14-15-24(31)19-26(22)32)28(36)13-8-16-35(40(2,38)39)25-12-7-11-23(30)18-25/h4-7,9-12,14-15,18-19,27H,3,8,13,16-17,20H2,1-2H3,(H,33,37). The van der Waals surface area contributed by atoms with E-state index in [9.17, 15) is 18.0 Å². The summed E-state index contributed by atoms with van der Waals surface area (Å²) < 4.78 is 26.3. The van der Waals surface area contributed by atoms with Crippen molar-refractivity contribution in [3.8, 4) is 0 Å². The molecule has 214 valence electrons. The van der Waals surface area contributed by atoms with Gasteiger partial charge < -0.3 is 10.2 Å². The van der Waals surface area contributed by atoms with Crippen molar-refractivity contribution in [1.29, 1.82) is 0 Å². The molecule has 1 N–H and O–H groups in total. The molecule has 1 atom stereocenters. The molecule has 0 radical (unpaired) electrons. The number of sulfonamides is 1. The van der Waals surface area contributed by atoms with Gasteiger partial charge >= 0.3 is 0 Å². The largest absolute Gasteiger partial charge is 0.355 e. The molecule has 7 nitrogen and oxygen atoms in total. The Morgan fingerprint density at radius 1 is 0.925 bits per heavy atom. The van der Waals surface area contributed by atoms with Crippen LogP contribution >= 0.6 is 34.8 Å². The number of amides is 2. The van der Waals surface area contributed by atoms with Crippen molar-refractivity contribution in [2.75, 3.05) is 23.7 Å². The maximum atomic E-state index is 13.8. The Labute approximate surface area is 251 Å². The monoisotopic (exact) mass is 623 g/mol. The van der Waals surface area contributed by atoms with Gasteiger partial charge in [0.2, 0.25) is 21.8 Å². The van der Waals surface area contributed by atoms with Crippen molar-refractivity contribution >= 4 is 62.3 Å². The number of likely N-dealkylation sites (N-methyl/N-ethyl adjacent to an activating group) is 1. The van der Waals surface area contributed by atoms with Gasteiger partial charge in [0.15, 0.2) is 0 Å². The van der Waals surface area contributed by atoms with Crippen LogP contribution in [0.1, 0.15) is 30.9 Å². The minimum Gasteiger partial charge on any atom is -0.355 e. The zero-order valence-corrected chi connectivity index (χ0v) is 25.4. The molecule has 0 spiro atoms. The Kier molecular flexibility index (Phi) is 11.7. The van der Waals surface area contributed by atoms with Crippen molar-refractivity contribution in [3.05, 3.63) is 99.0 Å². The van der Waals surface area contributed by atoms with E-state index in [4.69, 9.17) is 34.8 Å². The minimum absolute atomic E-state index is 0.00247. The van der Waals surface area contributed by atoms with E-state index in [2.05, 4.69) is 5.32 Å². The van der Waals surface area contributed by atoms with E-state index in [1.165, 1.54) is 9.21 Å². The third kappa shape index (κ3) is 9.13. The topological polar surface area (TPSA) is 86.8 Å². The molecule has 0 aliphatic carbocycles. The second-order valence-corrected chi connectivity index (χ2v) is 12.5. The highest BCUT2D eigenvalue weighted by atomic mass is 35.5. The van der Waals surface area contributed by atoms with Gasteiger partial charge in [-0.25, -0.2) is 8.42 Å². The van der Waals surface area contributed by atoms with Crippen LogP contribution in [0.5, 0.6) is 0 Å². The average Bonchev–Trinajstić information content (AvgIpc) is 2.89. The SMILES string of the molecule is CCNC(=O)C(Cc1ccccc1)N(Cc1ccc(Cl)cc1Cl)C(=O)CCCN(c1cccc(Cl)c1)S(C)(=O)=O. The van der Waals surface area contributed by atoms with Crippen molar-refractivity contribution in [3.63, 3.8) is 0 Å². The summed E-state index contributed by atoms with van der Waals surface area (Å²) in [7, 11) is -3.63. The van der Waals surface area contributed by atoms with Gasteiger partial charge in [0, 0.05) is 47.5 Å². The van der Waals surface area contributed by atoms with Crippen molar-refractivity contribution in [2.45, 2.75) is 38.8 Å². The second kappa shape index (κ2) is 14.7. The van der Waals surface area contributed by atoms with Crippen LogP contribution in [-0.4, -0.2) is 50.5 Å². The maximum Gasteiger partial charge on any atom is 0.243 e. The molecule has 0 heterocycles. The van der Waals surface area contributed by atoms with E-state index < -0.39 is 16.1 Å². The van der Waals surface area contributed by atoms with Gasteiger partial charge in [0.05, 0.1) is 11.9 Å². The summed E-state index contributed by atoms with van der Waals surface area (Å²) >= 11 is 18.6. The molecule has 1 unspecified atom stereocenters. The molecule has 0 saturated carbocycles. The Bertz CT molecular complexity index is 1420. The zero-order valence-electron chi connectivity index (χ0n) is 22.3. The molecule has 0 aromatic heterocycles. The van der Waals surface area contributed by atoms with Crippen LogP contribution < -0.4 is 9.62 Å². The summed E-state index contributed by atoms with van der Waals surface area (Å²) in [6.45, 7) is 2.35. The fourth-order valence-electron chi connectivity index (χ4n) is 4.31. The Balaban J connectivity index is 1.89. The van der Waals surface area contributed by atoms with Crippen molar-refractivity contribution in [1.82, 2.24) is 10.2 Å². The molecule has 0 saturated heterocycles. The first-order valence-electron chi connectivity index (χ1n) is 12.8. The molecular formula is C29H32Cl3N3O4S. The summed E-state index contributed by atoms with van der Waals surface area (Å²) in [5, 5.41) is 4.08. The lowest BCUT2D eigenvalue weighted by Crippen LogP contribution is -2.50. The maximum absolute atomic E-state index is 13.8. The first kappa shape index (κ1) is 31.7. The summed E-state index contributed by atoms with van der Waals surface area (Å²) in [4.78, 5) is 28.6. The lowest BCUT2D eigenvalue weighted by atomic mass is 10.0. The number of benzene rings is 3. The molecule has 3 aromatic carbocycles. The summed E-state index contributed by atoms with van der Waals surface area (Å²) in [6, 6.07) is 20.2. The van der Waals surface area contributed by atoms with E-state index >= 15 is 0 Å². The normalized spacial score (nSPS) is 12.0. The van der Waals surface area contributed by atoms with Gasteiger partial charge in [0.25, 0.3) is 0 Å². The van der Waals surface area contributed by atoms with Gasteiger partial charge in [-0.3, -0.25) is 13.9 Å². The molecule has 0 bridgehead atoms. The van der Waals surface area contributed by atoms with Gasteiger partial charge in [0.1, 0.15) is 6.04 Å². The number of hydrogen-bond acceptors (Lipinski definition) is 4. The van der Waals surface area contributed by atoms with Crippen LogP contribution in [0.25, 0.3) is 0 Å². The number of nitrogens with one attached hydrogen (secondary N) is 1. The van der Waals surface area contributed by atoms with Gasteiger partial charge in [-0.1, -0.05) is 77.3 Å². The second-order valence-electron chi connectivity index (χ2n) is 9.28. The van der Waals surface area contributed by atoms with Crippen molar-refractivity contribution < 1.29 is 18.0 Å². The molecule has 2 amide bonds. The predicted molar refractivity (Wildman–Crippen MR) is 163 cm³/mol. The molecule has 0 aliphatic heterocycles. The van der Waals surface area contributed by atoms with Crippen LogP contribution in [0, 0.1) is 0 Å². The van der Waals surface area contributed by atoms with E-state index in [1.54, 1.807) is 42.5 Å². The fourth-order valence-corrected chi connectivity index (χ4v) is 5.92. The molecule has 11 heteroatoms. The van der Waals surface area contributed by atoms with Gasteiger partial charge in [-0.2, -0.15) is 0 Å². The Morgan fingerprint density at radius 3 is 2.25 bits per heavy atom. The van der Waals surface area contributed by atoms with Crippen LogP contribution in [0.3, 0.4) is 0 Å². The van der Waals surface area contributed by atoms with E-state index in [0.29, 0.717) is 39.3 Å². The van der Waals surface area contributed by atoms with Crippen molar-refractivity contribution in [2.24, 2.45) is 0 Å². The number of rotatable bonds is 13. The van der Waals surface area contributed by atoms with Gasteiger partial charge in [-0.05, 0) is 54.8 Å². The number of carbonyl (C=O) groups excluding carboxylic acids is 2. The van der Waals surface area contributed by atoms with Crippen LogP contribution in [-0.2, 0) is 32.6 Å². The van der Waals surface area contributed by atoms with Crippen LogP contribution in [0.4, 0.5) is 5.69 Å². The molecule has 0 fully saturated rings. The number of hydrogen-bond donors (Lipinski definition) is 1. The van der Waals surface area contributed by atoms with E-state index in [1.807, 2.05) is 37.3 Å². The summed E-state index contributed by atoms with van der Waals surface area (Å²) in [5.41, 5.74) is 1.94. The zero-order chi connectivity index (χ0) is 29.3. The number of nitrogens with zero attached hydrogens (tertiary/aromatic N) is 2. The number of carbonyl (C=O) groups is 2. The Hall–Kier alpha value is -2.78. The lowest BCUT2D eigenvalue weighted by Gasteiger charge is -2.32. The first-order chi connectivity index (χ1) is 19.0. The highest BCUT2D eigenvalue weighted by molar-refractivity contribution is 7.92. The first-order valence-corrected chi connectivity index (χ1v) is 15.8. The number of halogens is 3. The van der Waals surface area contributed by atoms with Crippen LogP contribution in [0.15, 0.2) is 72.8 Å². The quantitative estimate of drug-likeness (QED) is 0.254. The molecule has 0 aliphatic rings. The fraction of sp³-hybridized carbons (Fsp3) is 0.310.